The summed E-state index contributed by atoms with van der Waals surface area (Å²) in [5.41, 5.74) is 0.570. The monoisotopic (exact) mass is 313 g/mol. The Kier molecular flexibility index (Phi) is 4.97. The van der Waals surface area contributed by atoms with E-state index in [0.29, 0.717) is 25.1 Å². The van der Waals surface area contributed by atoms with Gasteiger partial charge in [-0.3, -0.25) is 4.79 Å². The molecule has 1 saturated heterocycles. The van der Waals surface area contributed by atoms with Crippen LogP contribution in [0.25, 0.3) is 0 Å². The Labute approximate surface area is 124 Å². The fraction of sp³-hybridized carbons (Fsp3) is 0.500. The van der Waals surface area contributed by atoms with E-state index < -0.39 is 16.0 Å². The zero-order chi connectivity index (χ0) is 15.5. The van der Waals surface area contributed by atoms with E-state index in [1.165, 1.54) is 28.6 Å². The summed E-state index contributed by atoms with van der Waals surface area (Å²) < 4.78 is 26.4. The molecule has 7 heteroatoms. The number of carbonyl (C=O) groups is 1. The van der Waals surface area contributed by atoms with Crippen LogP contribution in [-0.4, -0.2) is 48.6 Å². The van der Waals surface area contributed by atoms with Gasteiger partial charge in [0.2, 0.25) is 10.0 Å². The predicted octanol–water partition coefficient (Wildman–Crippen LogP) is 0.707. The lowest BCUT2D eigenvalue weighted by Gasteiger charge is -2.16. The second-order valence-corrected chi connectivity index (χ2v) is 7.18. The Hall–Kier alpha value is -1.44. The average molecular weight is 313 g/mol. The molecule has 0 aromatic heterocycles. The molecule has 2 N–H and O–H groups in total. The second kappa shape index (κ2) is 6.55. The van der Waals surface area contributed by atoms with E-state index >= 15 is 0 Å². The lowest BCUT2D eigenvalue weighted by Crippen LogP contribution is -2.29. The molecule has 1 aliphatic rings. The first-order chi connectivity index (χ1) is 9.93. The molecule has 0 aliphatic carbocycles. The number of hydrogen-bond acceptors (Lipinski definition) is 4. The van der Waals surface area contributed by atoms with Crippen LogP contribution in [0.3, 0.4) is 0 Å². The van der Waals surface area contributed by atoms with E-state index in [4.69, 9.17) is 10.2 Å². The van der Waals surface area contributed by atoms with Crippen LogP contribution in [0.2, 0.25) is 0 Å². The molecule has 1 fully saturated rings. The highest BCUT2D eigenvalue weighted by Gasteiger charge is 2.32. The molecular weight excluding hydrogens is 294 g/mol. The van der Waals surface area contributed by atoms with Gasteiger partial charge in [0.15, 0.2) is 0 Å². The van der Waals surface area contributed by atoms with Gasteiger partial charge in [0.05, 0.1) is 11.3 Å². The smallest absolute Gasteiger partial charge is 0.307 e. The largest absolute Gasteiger partial charge is 0.481 e. The number of aliphatic hydroxyl groups is 1. The summed E-state index contributed by atoms with van der Waals surface area (Å²) in [6.07, 6.45) is 1.25. The molecule has 1 aliphatic heterocycles. The molecule has 1 unspecified atom stereocenters. The van der Waals surface area contributed by atoms with Gasteiger partial charge in [-0.25, -0.2) is 8.42 Å². The van der Waals surface area contributed by atoms with Gasteiger partial charge >= 0.3 is 5.97 Å². The number of benzene rings is 1. The maximum absolute atomic E-state index is 12.5. The highest BCUT2D eigenvalue weighted by molar-refractivity contribution is 7.89. The van der Waals surface area contributed by atoms with Gasteiger partial charge in [0.25, 0.3) is 0 Å². The molecular formula is C14H19NO5S. The van der Waals surface area contributed by atoms with Crippen molar-refractivity contribution in [3.05, 3.63) is 29.8 Å². The highest BCUT2D eigenvalue weighted by atomic mass is 32.2. The lowest BCUT2D eigenvalue weighted by molar-refractivity contribution is -0.136. The third-order valence-corrected chi connectivity index (χ3v) is 5.58. The Morgan fingerprint density at radius 3 is 2.52 bits per heavy atom. The number of aliphatic carboxylic acids is 1. The van der Waals surface area contributed by atoms with E-state index in [-0.39, 0.29) is 23.8 Å². The Balaban J connectivity index is 2.11. The fourth-order valence-electron chi connectivity index (χ4n) is 2.54. The molecule has 0 amide bonds. The first kappa shape index (κ1) is 15.9. The summed E-state index contributed by atoms with van der Waals surface area (Å²) in [6, 6.07) is 5.96. The van der Waals surface area contributed by atoms with Crippen LogP contribution in [0, 0.1) is 5.92 Å². The number of carboxylic acid groups (broad SMARTS) is 1. The maximum Gasteiger partial charge on any atom is 0.307 e. The van der Waals surface area contributed by atoms with Crippen LogP contribution in [-0.2, 0) is 21.2 Å². The number of nitrogens with zero attached hydrogens (tertiary/aromatic N) is 1. The van der Waals surface area contributed by atoms with Crippen molar-refractivity contribution in [1.82, 2.24) is 4.31 Å². The highest BCUT2D eigenvalue weighted by Crippen LogP contribution is 2.26. The number of carboxylic acids is 1. The van der Waals surface area contributed by atoms with Gasteiger partial charge in [0.1, 0.15) is 0 Å². The molecule has 1 aromatic rings. The van der Waals surface area contributed by atoms with Crippen molar-refractivity contribution in [2.24, 2.45) is 5.92 Å². The van der Waals surface area contributed by atoms with E-state index in [9.17, 15) is 13.2 Å². The first-order valence-electron chi connectivity index (χ1n) is 6.85. The van der Waals surface area contributed by atoms with Crippen LogP contribution in [0.4, 0.5) is 0 Å². The first-order valence-corrected chi connectivity index (χ1v) is 8.29. The molecule has 0 spiro atoms. The van der Waals surface area contributed by atoms with Crippen LogP contribution >= 0.6 is 0 Å². The molecule has 6 nitrogen and oxygen atoms in total. The van der Waals surface area contributed by atoms with Crippen molar-refractivity contribution in [2.75, 3.05) is 19.7 Å². The maximum atomic E-state index is 12.5. The topological polar surface area (TPSA) is 94.9 Å². The molecule has 0 radical (unpaired) electrons. The van der Waals surface area contributed by atoms with Crippen LogP contribution in [0.5, 0.6) is 0 Å². The van der Waals surface area contributed by atoms with Gasteiger partial charge in [-0.1, -0.05) is 12.1 Å². The second-order valence-electron chi connectivity index (χ2n) is 5.24. The summed E-state index contributed by atoms with van der Waals surface area (Å²) in [7, 11) is -3.53. The van der Waals surface area contributed by atoms with Crippen molar-refractivity contribution in [2.45, 2.75) is 24.2 Å². The van der Waals surface area contributed by atoms with Crippen LogP contribution in [0.15, 0.2) is 29.2 Å². The summed E-state index contributed by atoms with van der Waals surface area (Å²) in [5, 5.41) is 17.6. The minimum absolute atomic E-state index is 0.0719. The van der Waals surface area contributed by atoms with Crippen molar-refractivity contribution in [1.29, 1.82) is 0 Å². The van der Waals surface area contributed by atoms with Crippen molar-refractivity contribution in [3.8, 4) is 0 Å². The zero-order valence-corrected chi connectivity index (χ0v) is 12.4. The Morgan fingerprint density at radius 1 is 1.29 bits per heavy atom. The molecule has 21 heavy (non-hydrogen) atoms. The van der Waals surface area contributed by atoms with Gasteiger partial charge in [-0.2, -0.15) is 4.31 Å². The van der Waals surface area contributed by atoms with Crippen molar-refractivity contribution in [3.63, 3.8) is 0 Å². The Bertz CT molecular complexity index is 596. The van der Waals surface area contributed by atoms with Gasteiger partial charge in [-0.05, 0) is 36.5 Å². The summed E-state index contributed by atoms with van der Waals surface area (Å²) in [4.78, 5) is 10.8. The zero-order valence-electron chi connectivity index (χ0n) is 11.6. The van der Waals surface area contributed by atoms with Gasteiger partial charge in [0, 0.05) is 19.7 Å². The minimum atomic E-state index is -3.53. The third kappa shape index (κ3) is 3.81. The van der Waals surface area contributed by atoms with E-state index in [1.54, 1.807) is 0 Å². The quantitative estimate of drug-likeness (QED) is 0.806. The SMILES string of the molecule is O=C(O)Cc1ccc(S(=O)(=O)N2CCC(CCO)C2)cc1. The van der Waals surface area contributed by atoms with Crippen LogP contribution < -0.4 is 0 Å². The molecule has 116 valence electrons. The minimum Gasteiger partial charge on any atom is -0.481 e. The van der Waals surface area contributed by atoms with E-state index in [2.05, 4.69) is 0 Å². The molecule has 1 heterocycles. The molecule has 0 bridgehead atoms. The Morgan fingerprint density at radius 2 is 1.95 bits per heavy atom. The number of aliphatic hydroxyl groups excluding tert-OH is 1. The lowest BCUT2D eigenvalue weighted by atomic mass is 10.1. The number of sulfonamides is 1. The molecule has 1 aromatic carbocycles. The summed E-state index contributed by atoms with van der Waals surface area (Å²) in [5.74, 6) is -0.743. The third-order valence-electron chi connectivity index (χ3n) is 3.70. The molecule has 0 saturated carbocycles. The van der Waals surface area contributed by atoms with E-state index in [1.807, 2.05) is 0 Å². The number of hydrogen-bond donors (Lipinski definition) is 2. The van der Waals surface area contributed by atoms with E-state index in [0.717, 1.165) is 6.42 Å². The molecule has 1 atom stereocenters. The van der Waals surface area contributed by atoms with Crippen LogP contribution in [0.1, 0.15) is 18.4 Å². The average Bonchev–Trinajstić information content (AvgIpc) is 2.88. The normalized spacial score (nSPS) is 19.8. The predicted molar refractivity (Wildman–Crippen MR) is 76.4 cm³/mol. The molecule has 2 rings (SSSR count). The number of rotatable bonds is 6. The van der Waals surface area contributed by atoms with Gasteiger partial charge in [-0.15, -0.1) is 0 Å². The standard InChI is InChI=1S/C14H19NO5S/c16-8-6-12-5-7-15(10-12)21(19,20)13-3-1-11(2-4-13)9-14(17)18/h1-4,12,16H,5-10H2,(H,17,18). The van der Waals surface area contributed by atoms with Crippen molar-refractivity contribution >= 4 is 16.0 Å². The van der Waals surface area contributed by atoms with Crippen molar-refractivity contribution < 1.29 is 23.4 Å². The summed E-state index contributed by atoms with van der Waals surface area (Å²) in [6.45, 7) is 0.964. The summed E-state index contributed by atoms with van der Waals surface area (Å²) >= 11 is 0. The fourth-order valence-corrected chi connectivity index (χ4v) is 4.07. The van der Waals surface area contributed by atoms with Gasteiger partial charge < -0.3 is 10.2 Å².